The summed E-state index contributed by atoms with van der Waals surface area (Å²) in [5.41, 5.74) is 0.772. The van der Waals surface area contributed by atoms with Gasteiger partial charge in [0.05, 0.1) is 9.95 Å². The van der Waals surface area contributed by atoms with Gasteiger partial charge in [-0.1, -0.05) is 33.6 Å². The van der Waals surface area contributed by atoms with Gasteiger partial charge in [0.25, 0.3) is 0 Å². The molecule has 0 aromatic heterocycles. The lowest BCUT2D eigenvalue weighted by atomic mass is 10.2. The zero-order chi connectivity index (χ0) is 14.0. The molecule has 0 saturated carbocycles. The Hall–Kier alpha value is -1.59. The summed E-state index contributed by atoms with van der Waals surface area (Å²) in [7, 11) is 0. The number of ether oxygens (including phenoxy) is 1. The fraction of sp³-hybridized carbons (Fsp3) is 0.0769. The molecule has 0 aliphatic heterocycles. The largest absolute Gasteiger partial charge is 0.449 e. The second kappa shape index (κ2) is 5.59. The third kappa shape index (κ3) is 3.24. The molecule has 0 aliphatic carbocycles. The van der Waals surface area contributed by atoms with Gasteiger partial charge in [-0.15, -0.1) is 0 Å². The van der Waals surface area contributed by atoms with Crippen molar-refractivity contribution >= 4 is 33.2 Å². The Kier molecular flexibility index (Phi) is 4.07. The molecule has 0 bridgehead atoms. The van der Waals surface area contributed by atoms with Crippen molar-refractivity contribution in [3.8, 4) is 11.5 Å². The van der Waals surface area contributed by atoms with E-state index in [0.717, 1.165) is 10.0 Å². The molecule has 0 atom stereocenters. The van der Waals surface area contributed by atoms with E-state index >= 15 is 0 Å². The van der Waals surface area contributed by atoms with Crippen molar-refractivity contribution in [1.82, 2.24) is 0 Å². The first-order chi connectivity index (χ1) is 8.97. The Morgan fingerprint density at radius 3 is 2.63 bits per heavy atom. The molecule has 0 N–H and O–H groups in total. The Bertz CT molecular complexity index is 646. The average molecular weight is 343 g/mol. The molecule has 0 saturated heterocycles. The smallest absolute Gasteiger partial charge is 0.311 e. The van der Waals surface area contributed by atoms with Crippen molar-refractivity contribution in [1.29, 1.82) is 0 Å². The molecule has 0 fully saturated rings. The number of benzene rings is 2. The number of nitrogens with zero attached hydrogens (tertiary/aromatic N) is 1. The van der Waals surface area contributed by atoms with Gasteiger partial charge in [0.15, 0.2) is 0 Å². The second-order valence-corrected chi connectivity index (χ2v) is 5.23. The van der Waals surface area contributed by atoms with Gasteiger partial charge in [0.2, 0.25) is 5.75 Å². The van der Waals surface area contributed by atoms with E-state index in [1.54, 1.807) is 30.3 Å². The van der Waals surface area contributed by atoms with Crippen molar-refractivity contribution < 1.29 is 9.66 Å². The van der Waals surface area contributed by atoms with Crippen molar-refractivity contribution in [3.63, 3.8) is 0 Å². The minimum atomic E-state index is -0.485. The standard InChI is InChI=1S/C13H9BrClNO3/c1-8-2-5-11(16(17)18)13(6-8)19-12-7-9(14)3-4-10(12)15/h2-7H,1H3. The molecule has 6 heteroatoms. The summed E-state index contributed by atoms with van der Waals surface area (Å²) in [6, 6.07) is 9.76. The Morgan fingerprint density at radius 1 is 1.21 bits per heavy atom. The predicted molar refractivity (Wildman–Crippen MR) is 77.1 cm³/mol. The van der Waals surface area contributed by atoms with E-state index < -0.39 is 4.92 Å². The van der Waals surface area contributed by atoms with E-state index in [0.29, 0.717) is 10.8 Å². The maximum Gasteiger partial charge on any atom is 0.311 e. The summed E-state index contributed by atoms with van der Waals surface area (Å²) in [6.07, 6.45) is 0. The molecule has 0 radical (unpaired) electrons. The molecular formula is C13H9BrClNO3. The molecule has 0 aliphatic rings. The number of nitro benzene ring substituents is 1. The highest BCUT2D eigenvalue weighted by Crippen LogP contribution is 2.36. The first-order valence-electron chi connectivity index (χ1n) is 5.35. The zero-order valence-electron chi connectivity index (χ0n) is 9.89. The fourth-order valence-corrected chi connectivity index (χ4v) is 2.02. The van der Waals surface area contributed by atoms with Crippen LogP contribution in [0.15, 0.2) is 40.9 Å². The molecule has 4 nitrogen and oxygen atoms in total. The monoisotopic (exact) mass is 341 g/mol. The van der Waals surface area contributed by atoms with Crippen molar-refractivity contribution in [2.24, 2.45) is 0 Å². The van der Waals surface area contributed by atoms with E-state index in [4.69, 9.17) is 16.3 Å². The Balaban J connectivity index is 2.45. The third-order valence-electron chi connectivity index (χ3n) is 2.43. The van der Waals surface area contributed by atoms with E-state index in [9.17, 15) is 10.1 Å². The van der Waals surface area contributed by atoms with Gasteiger partial charge in [-0.25, -0.2) is 0 Å². The van der Waals surface area contributed by atoms with Gasteiger partial charge in [-0.3, -0.25) is 10.1 Å². The highest BCUT2D eigenvalue weighted by Gasteiger charge is 2.16. The molecule has 0 unspecified atom stereocenters. The number of rotatable bonds is 3. The maximum atomic E-state index is 11.0. The molecule has 0 heterocycles. The highest BCUT2D eigenvalue weighted by atomic mass is 79.9. The summed E-state index contributed by atoms with van der Waals surface area (Å²) in [6.45, 7) is 1.83. The molecular weight excluding hydrogens is 334 g/mol. The molecule has 2 aromatic carbocycles. The van der Waals surface area contributed by atoms with Crippen LogP contribution in [0.2, 0.25) is 5.02 Å². The van der Waals surface area contributed by atoms with E-state index in [1.165, 1.54) is 6.07 Å². The summed E-state index contributed by atoms with van der Waals surface area (Å²) < 4.78 is 6.34. The Morgan fingerprint density at radius 2 is 1.95 bits per heavy atom. The first-order valence-corrected chi connectivity index (χ1v) is 6.52. The Labute approximate surface area is 123 Å². The molecule has 2 aromatic rings. The molecule has 2 rings (SSSR count). The second-order valence-electron chi connectivity index (χ2n) is 3.91. The predicted octanol–water partition coefficient (Wildman–Crippen LogP) is 5.11. The first kappa shape index (κ1) is 13.8. The SMILES string of the molecule is Cc1ccc([N+](=O)[O-])c(Oc2cc(Br)ccc2Cl)c1. The quantitative estimate of drug-likeness (QED) is 0.575. The van der Waals surface area contributed by atoms with Gasteiger partial charge < -0.3 is 4.74 Å². The van der Waals surface area contributed by atoms with Crippen molar-refractivity contribution in [2.75, 3.05) is 0 Å². The number of hydrogen-bond acceptors (Lipinski definition) is 3. The minimum absolute atomic E-state index is 0.0957. The van der Waals surface area contributed by atoms with E-state index in [1.807, 2.05) is 6.92 Å². The molecule has 0 spiro atoms. The van der Waals surface area contributed by atoms with Crippen molar-refractivity contribution in [2.45, 2.75) is 6.92 Å². The normalized spacial score (nSPS) is 10.3. The topological polar surface area (TPSA) is 52.4 Å². The van der Waals surface area contributed by atoms with Crippen LogP contribution in [0.5, 0.6) is 11.5 Å². The zero-order valence-corrected chi connectivity index (χ0v) is 12.2. The summed E-state index contributed by atoms with van der Waals surface area (Å²) in [5.74, 6) is 0.537. The third-order valence-corrected chi connectivity index (χ3v) is 3.23. The maximum absolute atomic E-state index is 11.0. The number of aryl methyl sites for hydroxylation is 1. The number of halogens is 2. The van der Waals surface area contributed by atoms with Gasteiger partial charge in [-0.2, -0.15) is 0 Å². The van der Waals surface area contributed by atoms with Crippen LogP contribution in [0.4, 0.5) is 5.69 Å². The fourth-order valence-electron chi connectivity index (χ4n) is 1.53. The highest BCUT2D eigenvalue weighted by molar-refractivity contribution is 9.10. The minimum Gasteiger partial charge on any atom is -0.449 e. The van der Waals surface area contributed by atoms with Gasteiger partial charge in [-0.05, 0) is 36.8 Å². The summed E-state index contributed by atoms with van der Waals surface area (Å²) in [4.78, 5) is 10.5. The lowest BCUT2D eigenvalue weighted by Crippen LogP contribution is -1.94. The van der Waals surface area contributed by atoms with Crippen LogP contribution in [0.25, 0.3) is 0 Å². The van der Waals surface area contributed by atoms with E-state index in [2.05, 4.69) is 15.9 Å². The van der Waals surface area contributed by atoms with Gasteiger partial charge >= 0.3 is 5.69 Å². The van der Waals surface area contributed by atoms with Crippen LogP contribution in [-0.2, 0) is 0 Å². The van der Waals surface area contributed by atoms with Crippen LogP contribution >= 0.6 is 27.5 Å². The average Bonchev–Trinajstić information content (AvgIpc) is 2.33. The van der Waals surface area contributed by atoms with Crippen LogP contribution in [0, 0.1) is 17.0 Å². The van der Waals surface area contributed by atoms with Crippen LogP contribution in [0.1, 0.15) is 5.56 Å². The van der Waals surface area contributed by atoms with Crippen molar-refractivity contribution in [3.05, 3.63) is 61.6 Å². The van der Waals surface area contributed by atoms with Crippen LogP contribution in [0.3, 0.4) is 0 Å². The lowest BCUT2D eigenvalue weighted by molar-refractivity contribution is -0.385. The molecule has 0 amide bonds. The number of hydrogen-bond donors (Lipinski definition) is 0. The summed E-state index contributed by atoms with van der Waals surface area (Å²) in [5, 5.41) is 11.3. The van der Waals surface area contributed by atoms with Gasteiger partial charge in [0.1, 0.15) is 5.75 Å². The number of nitro groups is 1. The lowest BCUT2D eigenvalue weighted by Gasteiger charge is -2.09. The van der Waals surface area contributed by atoms with Crippen LogP contribution < -0.4 is 4.74 Å². The van der Waals surface area contributed by atoms with E-state index in [-0.39, 0.29) is 11.4 Å². The molecule has 98 valence electrons. The summed E-state index contributed by atoms with van der Waals surface area (Å²) >= 11 is 9.30. The van der Waals surface area contributed by atoms with Gasteiger partial charge in [0, 0.05) is 10.5 Å². The van der Waals surface area contributed by atoms with Crippen LogP contribution in [-0.4, -0.2) is 4.92 Å². The molecule has 19 heavy (non-hydrogen) atoms.